The zero-order chi connectivity index (χ0) is 12.7. The molecular weight excluding hydrogens is 210 g/mol. The first-order chi connectivity index (χ1) is 8.21. The molecule has 0 aromatic carbocycles. The second-order valence-electron chi connectivity index (χ2n) is 5.48. The molecule has 1 rings (SSSR count). The molecule has 0 radical (unpaired) electrons. The van der Waals surface area contributed by atoms with Gasteiger partial charge in [-0.25, -0.2) is 0 Å². The third kappa shape index (κ3) is 4.94. The van der Waals surface area contributed by atoms with Crippen molar-refractivity contribution in [1.29, 1.82) is 0 Å². The summed E-state index contributed by atoms with van der Waals surface area (Å²) in [5, 5.41) is 0. The standard InChI is InChI=1S/C14H31N3/c1-4-6-14(11-15)12-16-7-9-17(10-8-16)13(3)5-2/h13-14H,4-12,15H2,1-3H3. The molecule has 3 nitrogen and oxygen atoms in total. The molecule has 2 atom stereocenters. The Bertz CT molecular complexity index is 188. The van der Waals surface area contributed by atoms with E-state index in [4.69, 9.17) is 5.73 Å². The molecule has 0 bridgehead atoms. The number of hydrogen-bond acceptors (Lipinski definition) is 3. The van der Waals surface area contributed by atoms with Crippen molar-refractivity contribution >= 4 is 0 Å². The maximum absolute atomic E-state index is 5.84. The average molecular weight is 241 g/mol. The van der Waals surface area contributed by atoms with Crippen molar-refractivity contribution in [3.63, 3.8) is 0 Å². The molecule has 0 aromatic rings. The molecule has 0 amide bonds. The maximum atomic E-state index is 5.84. The fourth-order valence-electron chi connectivity index (χ4n) is 2.70. The van der Waals surface area contributed by atoms with Gasteiger partial charge in [-0.15, -0.1) is 0 Å². The van der Waals surface area contributed by atoms with Crippen molar-refractivity contribution in [3.8, 4) is 0 Å². The lowest BCUT2D eigenvalue weighted by Crippen LogP contribution is -2.50. The van der Waals surface area contributed by atoms with E-state index >= 15 is 0 Å². The summed E-state index contributed by atoms with van der Waals surface area (Å²) in [5.74, 6) is 0.704. The number of hydrogen-bond donors (Lipinski definition) is 1. The van der Waals surface area contributed by atoms with Gasteiger partial charge in [0, 0.05) is 38.8 Å². The summed E-state index contributed by atoms with van der Waals surface area (Å²) in [6.07, 6.45) is 3.80. The third-order valence-corrected chi connectivity index (χ3v) is 4.17. The highest BCUT2D eigenvalue weighted by atomic mass is 15.3. The average Bonchev–Trinajstić information content (AvgIpc) is 2.38. The predicted molar refractivity (Wildman–Crippen MR) is 75.2 cm³/mol. The minimum Gasteiger partial charge on any atom is -0.330 e. The van der Waals surface area contributed by atoms with Gasteiger partial charge in [-0.05, 0) is 32.2 Å². The van der Waals surface area contributed by atoms with Gasteiger partial charge in [0.15, 0.2) is 0 Å². The number of nitrogens with two attached hydrogens (primary N) is 1. The maximum Gasteiger partial charge on any atom is 0.0113 e. The van der Waals surface area contributed by atoms with Crippen LogP contribution in [0.2, 0.25) is 0 Å². The highest BCUT2D eigenvalue weighted by molar-refractivity contribution is 4.77. The van der Waals surface area contributed by atoms with Crippen LogP contribution < -0.4 is 5.73 Å². The number of nitrogens with zero attached hydrogens (tertiary/aromatic N) is 2. The van der Waals surface area contributed by atoms with Gasteiger partial charge in [0.05, 0.1) is 0 Å². The monoisotopic (exact) mass is 241 g/mol. The van der Waals surface area contributed by atoms with E-state index in [1.807, 2.05) is 0 Å². The topological polar surface area (TPSA) is 32.5 Å². The van der Waals surface area contributed by atoms with Crippen molar-refractivity contribution in [2.45, 2.75) is 46.1 Å². The molecule has 2 unspecified atom stereocenters. The molecule has 102 valence electrons. The normalized spacial score (nSPS) is 22.6. The van der Waals surface area contributed by atoms with E-state index in [9.17, 15) is 0 Å². The molecule has 1 saturated heterocycles. The van der Waals surface area contributed by atoms with Crippen LogP contribution in [0.4, 0.5) is 0 Å². The molecule has 1 aliphatic heterocycles. The van der Waals surface area contributed by atoms with E-state index in [0.717, 1.165) is 12.6 Å². The van der Waals surface area contributed by atoms with Crippen LogP contribution >= 0.6 is 0 Å². The summed E-state index contributed by atoms with van der Waals surface area (Å²) in [7, 11) is 0. The predicted octanol–water partition coefficient (Wildman–Crippen LogP) is 1.78. The molecule has 1 fully saturated rings. The Morgan fingerprint density at radius 3 is 2.24 bits per heavy atom. The van der Waals surface area contributed by atoms with Gasteiger partial charge in [-0.1, -0.05) is 20.3 Å². The van der Waals surface area contributed by atoms with E-state index in [2.05, 4.69) is 30.6 Å². The van der Waals surface area contributed by atoms with Crippen molar-refractivity contribution in [3.05, 3.63) is 0 Å². The first-order valence-electron chi connectivity index (χ1n) is 7.37. The lowest BCUT2D eigenvalue weighted by atomic mass is 10.0. The fourth-order valence-corrected chi connectivity index (χ4v) is 2.70. The largest absolute Gasteiger partial charge is 0.330 e. The van der Waals surface area contributed by atoms with Crippen molar-refractivity contribution in [1.82, 2.24) is 9.80 Å². The summed E-state index contributed by atoms with van der Waals surface area (Å²) in [6, 6.07) is 0.748. The van der Waals surface area contributed by atoms with Gasteiger partial charge in [0.1, 0.15) is 0 Å². The molecule has 0 saturated carbocycles. The van der Waals surface area contributed by atoms with Crippen molar-refractivity contribution < 1.29 is 0 Å². The van der Waals surface area contributed by atoms with Gasteiger partial charge in [0.25, 0.3) is 0 Å². The van der Waals surface area contributed by atoms with Gasteiger partial charge in [-0.3, -0.25) is 4.90 Å². The Labute approximate surface area is 107 Å². The number of rotatable bonds is 7. The lowest BCUT2D eigenvalue weighted by molar-refractivity contribution is 0.0896. The molecule has 17 heavy (non-hydrogen) atoms. The van der Waals surface area contributed by atoms with Crippen LogP contribution in [-0.2, 0) is 0 Å². The highest BCUT2D eigenvalue weighted by Crippen LogP contribution is 2.12. The summed E-state index contributed by atoms with van der Waals surface area (Å²) in [6.45, 7) is 13.9. The lowest BCUT2D eigenvalue weighted by Gasteiger charge is -2.39. The Balaban J connectivity index is 2.26. The molecule has 0 aliphatic carbocycles. The van der Waals surface area contributed by atoms with Gasteiger partial charge in [-0.2, -0.15) is 0 Å². The number of piperazine rings is 1. The second kappa shape index (κ2) is 8.06. The van der Waals surface area contributed by atoms with Gasteiger partial charge >= 0.3 is 0 Å². The molecule has 1 aliphatic rings. The van der Waals surface area contributed by atoms with Crippen LogP contribution in [-0.4, -0.2) is 55.1 Å². The highest BCUT2D eigenvalue weighted by Gasteiger charge is 2.21. The van der Waals surface area contributed by atoms with Gasteiger partial charge in [0.2, 0.25) is 0 Å². The second-order valence-corrected chi connectivity index (χ2v) is 5.48. The molecular formula is C14H31N3. The fraction of sp³-hybridized carbons (Fsp3) is 1.00. The van der Waals surface area contributed by atoms with Gasteiger partial charge < -0.3 is 10.6 Å². The summed E-state index contributed by atoms with van der Waals surface area (Å²) >= 11 is 0. The van der Waals surface area contributed by atoms with Crippen LogP contribution in [0.25, 0.3) is 0 Å². The molecule has 2 N–H and O–H groups in total. The Morgan fingerprint density at radius 1 is 1.12 bits per heavy atom. The summed E-state index contributed by atoms with van der Waals surface area (Å²) in [5.41, 5.74) is 5.84. The SMILES string of the molecule is CCCC(CN)CN1CCN(C(C)CC)CC1. The Hall–Kier alpha value is -0.120. The molecule has 0 spiro atoms. The van der Waals surface area contributed by atoms with Crippen LogP contribution in [0.5, 0.6) is 0 Å². The van der Waals surface area contributed by atoms with Crippen LogP contribution in [0, 0.1) is 5.92 Å². The molecule has 0 aromatic heterocycles. The van der Waals surface area contributed by atoms with E-state index in [-0.39, 0.29) is 0 Å². The summed E-state index contributed by atoms with van der Waals surface area (Å²) < 4.78 is 0. The quantitative estimate of drug-likeness (QED) is 0.737. The molecule has 3 heteroatoms. The Kier molecular flexibility index (Phi) is 7.09. The van der Waals surface area contributed by atoms with Crippen LogP contribution in [0.3, 0.4) is 0 Å². The summed E-state index contributed by atoms with van der Waals surface area (Å²) in [4.78, 5) is 5.22. The molecule has 1 heterocycles. The Morgan fingerprint density at radius 2 is 1.76 bits per heavy atom. The third-order valence-electron chi connectivity index (χ3n) is 4.17. The van der Waals surface area contributed by atoms with E-state index in [1.54, 1.807) is 0 Å². The minimum atomic E-state index is 0.704. The smallest absolute Gasteiger partial charge is 0.0113 e. The zero-order valence-electron chi connectivity index (χ0n) is 12.0. The van der Waals surface area contributed by atoms with Crippen molar-refractivity contribution in [2.75, 3.05) is 39.3 Å². The minimum absolute atomic E-state index is 0.704. The van der Waals surface area contributed by atoms with E-state index < -0.39 is 0 Å². The van der Waals surface area contributed by atoms with Crippen molar-refractivity contribution in [2.24, 2.45) is 11.7 Å². The van der Waals surface area contributed by atoms with E-state index in [0.29, 0.717) is 5.92 Å². The first-order valence-corrected chi connectivity index (χ1v) is 7.37. The van der Waals surface area contributed by atoms with E-state index in [1.165, 1.54) is 52.0 Å². The first kappa shape index (κ1) is 14.9. The zero-order valence-corrected chi connectivity index (χ0v) is 12.0. The van der Waals surface area contributed by atoms with Crippen LogP contribution in [0.15, 0.2) is 0 Å². The van der Waals surface area contributed by atoms with Crippen LogP contribution in [0.1, 0.15) is 40.0 Å².